The van der Waals surface area contributed by atoms with Crippen molar-refractivity contribution in [2.75, 3.05) is 13.1 Å². The molecule has 5 nitrogen and oxygen atoms in total. The Morgan fingerprint density at radius 1 is 1.00 bits per heavy atom. The quantitative estimate of drug-likeness (QED) is 0.656. The molecule has 2 N–H and O–H groups in total. The van der Waals surface area contributed by atoms with E-state index in [4.69, 9.17) is 16.6 Å². The number of piperidine rings is 1. The van der Waals surface area contributed by atoms with Gasteiger partial charge in [0.1, 0.15) is 5.75 Å². The minimum Gasteiger partial charge on any atom is -0.508 e. The molecule has 0 unspecified atom stereocenters. The zero-order valence-corrected chi connectivity index (χ0v) is 15.7. The topological polar surface area (TPSA) is 61.0 Å². The molecule has 3 aromatic rings. The van der Waals surface area contributed by atoms with Crippen LogP contribution in [0.15, 0.2) is 53.7 Å². The zero-order chi connectivity index (χ0) is 18.8. The molecular weight excluding hydrogens is 362 g/mol. The van der Waals surface area contributed by atoms with Crippen LogP contribution in [0, 0.1) is 0 Å². The van der Waals surface area contributed by atoms with Gasteiger partial charge in [-0.25, -0.2) is 4.99 Å². The van der Waals surface area contributed by atoms with Crippen molar-refractivity contribution >= 4 is 28.2 Å². The van der Waals surface area contributed by atoms with Gasteiger partial charge in [0.25, 0.3) is 0 Å². The highest BCUT2D eigenvalue weighted by Gasteiger charge is 2.13. The molecule has 2 aromatic carbocycles. The van der Waals surface area contributed by atoms with E-state index in [0.717, 1.165) is 46.4 Å². The Morgan fingerprint density at radius 2 is 1.81 bits per heavy atom. The summed E-state index contributed by atoms with van der Waals surface area (Å²) in [6.07, 6.45) is 5.26. The van der Waals surface area contributed by atoms with E-state index in [1.165, 1.54) is 19.3 Å². The highest BCUT2D eigenvalue weighted by molar-refractivity contribution is 6.31. The van der Waals surface area contributed by atoms with Crippen LogP contribution in [0.4, 0.5) is 5.69 Å². The standard InChI is InChI=1S/C21H22ClN3O2/c22-16-4-6-18-19(8-11-25(27)20(18)13-16)23-17-5-7-21(26)15(12-17)14-24-9-2-1-3-10-24/h4-8,11-13,26-27H,1-3,9-10,14H2. The zero-order valence-electron chi connectivity index (χ0n) is 15.0. The smallest absolute Gasteiger partial charge is 0.120 e. The molecule has 27 heavy (non-hydrogen) atoms. The third-order valence-corrected chi connectivity index (χ3v) is 5.25. The Balaban J connectivity index is 1.73. The summed E-state index contributed by atoms with van der Waals surface area (Å²) in [4.78, 5) is 7.11. The largest absolute Gasteiger partial charge is 0.508 e. The van der Waals surface area contributed by atoms with Crippen LogP contribution in [-0.2, 0) is 6.54 Å². The number of pyridine rings is 1. The lowest BCUT2D eigenvalue weighted by molar-refractivity contribution is 0.198. The molecule has 6 heteroatoms. The van der Waals surface area contributed by atoms with E-state index in [1.807, 2.05) is 12.1 Å². The van der Waals surface area contributed by atoms with Gasteiger partial charge in [-0.15, -0.1) is 0 Å². The van der Waals surface area contributed by atoms with Crippen LogP contribution in [0.3, 0.4) is 0 Å². The van der Waals surface area contributed by atoms with E-state index in [-0.39, 0.29) is 0 Å². The number of phenols is 1. The van der Waals surface area contributed by atoms with Crippen LogP contribution in [-0.4, -0.2) is 33.0 Å². The number of rotatable bonds is 3. The van der Waals surface area contributed by atoms with E-state index in [9.17, 15) is 10.3 Å². The number of phenolic OH excluding ortho intramolecular Hbond substituents is 1. The lowest BCUT2D eigenvalue weighted by atomic mass is 10.1. The summed E-state index contributed by atoms with van der Waals surface area (Å²) in [6.45, 7) is 2.87. The second-order valence-electron chi connectivity index (χ2n) is 6.97. The van der Waals surface area contributed by atoms with Gasteiger partial charge in [-0.1, -0.05) is 18.0 Å². The maximum Gasteiger partial charge on any atom is 0.120 e. The molecule has 0 radical (unpaired) electrons. The van der Waals surface area contributed by atoms with Crippen LogP contribution in [0.25, 0.3) is 10.9 Å². The normalized spacial score (nSPS) is 16.1. The van der Waals surface area contributed by atoms with Gasteiger partial charge >= 0.3 is 0 Å². The number of fused-ring (bicyclic) bond motifs is 1. The first kappa shape index (κ1) is 17.9. The molecular formula is C21H22ClN3O2. The first-order chi connectivity index (χ1) is 13.1. The fourth-order valence-electron chi connectivity index (χ4n) is 3.59. The van der Waals surface area contributed by atoms with Crippen molar-refractivity contribution in [3.05, 3.63) is 64.6 Å². The fourth-order valence-corrected chi connectivity index (χ4v) is 3.75. The molecule has 2 heterocycles. The van der Waals surface area contributed by atoms with Crippen molar-refractivity contribution in [2.45, 2.75) is 25.8 Å². The summed E-state index contributed by atoms with van der Waals surface area (Å²) < 4.78 is 1.04. The number of nitrogens with zero attached hydrogens (tertiary/aromatic N) is 3. The van der Waals surface area contributed by atoms with Crippen molar-refractivity contribution < 1.29 is 10.3 Å². The van der Waals surface area contributed by atoms with E-state index in [1.54, 1.807) is 36.5 Å². The SMILES string of the molecule is Oc1ccc(N=c2ccn(O)c3cc(Cl)ccc23)cc1CN1CCCCC1. The molecule has 0 amide bonds. The summed E-state index contributed by atoms with van der Waals surface area (Å²) in [7, 11) is 0. The van der Waals surface area contributed by atoms with Crippen molar-refractivity contribution in [3.8, 4) is 5.75 Å². The first-order valence-corrected chi connectivity index (χ1v) is 9.57. The predicted molar refractivity (Wildman–Crippen MR) is 107 cm³/mol. The van der Waals surface area contributed by atoms with Gasteiger partial charge in [0.05, 0.1) is 16.6 Å². The van der Waals surface area contributed by atoms with Crippen LogP contribution in [0.5, 0.6) is 5.75 Å². The predicted octanol–water partition coefficient (Wildman–Crippen LogP) is 4.46. The molecule has 0 bridgehead atoms. The van der Waals surface area contributed by atoms with Crippen molar-refractivity contribution in [1.29, 1.82) is 0 Å². The molecule has 1 aliphatic heterocycles. The number of halogens is 1. The molecule has 4 rings (SSSR count). The van der Waals surface area contributed by atoms with Gasteiger partial charge < -0.3 is 10.3 Å². The average molecular weight is 384 g/mol. The molecule has 0 aliphatic carbocycles. The van der Waals surface area contributed by atoms with Gasteiger partial charge in [0.2, 0.25) is 0 Å². The Kier molecular flexibility index (Phi) is 5.05. The Hall–Kier alpha value is -2.50. The van der Waals surface area contributed by atoms with E-state index >= 15 is 0 Å². The number of aromatic hydroxyl groups is 1. The Bertz CT molecular complexity index is 1040. The number of hydrogen-bond donors (Lipinski definition) is 2. The molecule has 1 aliphatic rings. The first-order valence-electron chi connectivity index (χ1n) is 9.19. The van der Waals surface area contributed by atoms with Gasteiger partial charge in [-0.05, 0) is 68.4 Å². The molecule has 140 valence electrons. The molecule has 1 saturated heterocycles. The summed E-state index contributed by atoms with van der Waals surface area (Å²) in [5, 5.41) is 22.4. The minimum atomic E-state index is 0.303. The van der Waals surface area contributed by atoms with E-state index in [0.29, 0.717) is 16.3 Å². The third-order valence-electron chi connectivity index (χ3n) is 5.01. The lowest BCUT2D eigenvalue weighted by Crippen LogP contribution is -2.29. The van der Waals surface area contributed by atoms with Crippen molar-refractivity contribution in [1.82, 2.24) is 9.63 Å². The van der Waals surface area contributed by atoms with Gasteiger partial charge in [-0.3, -0.25) is 4.90 Å². The summed E-state index contributed by atoms with van der Waals surface area (Å²) >= 11 is 6.05. The average Bonchev–Trinajstić information content (AvgIpc) is 2.68. The van der Waals surface area contributed by atoms with Gasteiger partial charge in [0, 0.05) is 28.7 Å². The monoisotopic (exact) mass is 383 g/mol. The highest BCUT2D eigenvalue weighted by Crippen LogP contribution is 2.26. The van der Waals surface area contributed by atoms with Crippen LogP contribution < -0.4 is 5.36 Å². The maximum absolute atomic E-state index is 10.3. The van der Waals surface area contributed by atoms with Crippen molar-refractivity contribution in [2.24, 2.45) is 4.99 Å². The second kappa shape index (κ2) is 7.62. The van der Waals surface area contributed by atoms with Gasteiger partial charge in [0.15, 0.2) is 0 Å². The number of benzene rings is 2. The summed E-state index contributed by atoms with van der Waals surface area (Å²) in [6, 6.07) is 12.5. The van der Waals surface area contributed by atoms with Crippen LogP contribution in [0.2, 0.25) is 5.02 Å². The molecule has 0 spiro atoms. The maximum atomic E-state index is 10.3. The molecule has 0 atom stereocenters. The molecule has 1 fully saturated rings. The second-order valence-corrected chi connectivity index (χ2v) is 7.41. The van der Waals surface area contributed by atoms with Gasteiger partial charge in [-0.2, -0.15) is 4.73 Å². The lowest BCUT2D eigenvalue weighted by Gasteiger charge is -2.26. The highest BCUT2D eigenvalue weighted by atomic mass is 35.5. The van der Waals surface area contributed by atoms with Crippen LogP contribution >= 0.6 is 11.6 Å². The van der Waals surface area contributed by atoms with Crippen LogP contribution in [0.1, 0.15) is 24.8 Å². The number of aromatic nitrogens is 1. The fraction of sp³-hybridized carbons (Fsp3) is 0.286. The number of likely N-dealkylation sites (tertiary alicyclic amines) is 1. The molecule has 0 saturated carbocycles. The Labute approximate surface area is 162 Å². The summed E-state index contributed by atoms with van der Waals surface area (Å²) in [5.41, 5.74) is 2.25. The summed E-state index contributed by atoms with van der Waals surface area (Å²) in [5.74, 6) is 0.303. The van der Waals surface area contributed by atoms with Crippen molar-refractivity contribution in [3.63, 3.8) is 0 Å². The number of hydrogen-bond acceptors (Lipinski definition) is 4. The molecule has 1 aromatic heterocycles. The Morgan fingerprint density at radius 3 is 2.63 bits per heavy atom. The minimum absolute atomic E-state index is 0.303. The van der Waals surface area contributed by atoms with E-state index in [2.05, 4.69) is 4.90 Å². The third kappa shape index (κ3) is 3.94. The van der Waals surface area contributed by atoms with E-state index < -0.39 is 0 Å².